The van der Waals surface area contributed by atoms with Crippen LogP contribution in [0, 0.1) is 0 Å². The zero-order chi connectivity index (χ0) is 36.4. The molecule has 0 aliphatic carbocycles. The maximum Gasteiger partial charge on any atom is 0.306 e. The smallest absolute Gasteiger partial charge is 0.306 e. The van der Waals surface area contributed by atoms with Crippen LogP contribution >= 0.6 is 0 Å². The minimum Gasteiger partial charge on any atom is -0.462 e. The minimum atomic E-state index is -0.767. The number of rotatable bonds is 41. The molecule has 0 rings (SSSR count). The van der Waals surface area contributed by atoms with E-state index >= 15 is 0 Å². The molecule has 0 bridgehead atoms. The minimum absolute atomic E-state index is 0.0618. The van der Waals surface area contributed by atoms with Crippen molar-refractivity contribution >= 4 is 11.9 Å². The third-order valence-corrected chi connectivity index (χ3v) is 10.1. The Bertz CT molecular complexity index is 720. The van der Waals surface area contributed by atoms with Crippen LogP contribution in [0.2, 0.25) is 0 Å². The SMILES string of the molecule is CCCCCCCCC=CCCCCCCCCCC(=O)OCC(CO)OC(=O)CCCCCCCCCCCCCCCCCCCCC. The number of carbonyl (C=O) groups excluding carboxylic acids is 2. The van der Waals surface area contributed by atoms with Crippen molar-refractivity contribution in [2.75, 3.05) is 13.2 Å². The van der Waals surface area contributed by atoms with Crippen molar-refractivity contribution in [3.05, 3.63) is 12.2 Å². The number of esters is 2. The highest BCUT2D eigenvalue weighted by atomic mass is 16.6. The van der Waals surface area contributed by atoms with Gasteiger partial charge in [0, 0.05) is 12.8 Å². The van der Waals surface area contributed by atoms with Crippen molar-refractivity contribution in [2.45, 2.75) is 251 Å². The van der Waals surface area contributed by atoms with E-state index in [0.29, 0.717) is 12.8 Å². The molecule has 5 heteroatoms. The predicted molar refractivity (Wildman–Crippen MR) is 215 cm³/mol. The summed E-state index contributed by atoms with van der Waals surface area (Å²) in [5, 5.41) is 9.58. The van der Waals surface area contributed by atoms with Gasteiger partial charge in [-0.1, -0.05) is 206 Å². The van der Waals surface area contributed by atoms with Crippen molar-refractivity contribution < 1.29 is 24.2 Å². The van der Waals surface area contributed by atoms with E-state index in [4.69, 9.17) is 9.47 Å². The number of allylic oxidation sites excluding steroid dienone is 2. The number of ether oxygens (including phenoxy) is 2. The molecule has 0 radical (unpaired) electrons. The average molecular weight is 707 g/mol. The van der Waals surface area contributed by atoms with Crippen LogP contribution in [0.5, 0.6) is 0 Å². The summed E-state index contributed by atoms with van der Waals surface area (Å²) in [6.07, 6.45) is 48.5. The van der Waals surface area contributed by atoms with E-state index in [1.807, 2.05) is 0 Å². The van der Waals surface area contributed by atoms with Crippen LogP contribution in [0.3, 0.4) is 0 Å². The lowest BCUT2D eigenvalue weighted by molar-refractivity contribution is -0.161. The second kappa shape index (κ2) is 42.1. The predicted octanol–water partition coefficient (Wildman–Crippen LogP) is 14.1. The lowest BCUT2D eigenvalue weighted by Crippen LogP contribution is -2.28. The Morgan fingerprint density at radius 3 is 1.08 bits per heavy atom. The average Bonchev–Trinajstić information content (AvgIpc) is 3.12. The fourth-order valence-electron chi connectivity index (χ4n) is 6.67. The Morgan fingerprint density at radius 1 is 0.440 bits per heavy atom. The highest BCUT2D eigenvalue weighted by Crippen LogP contribution is 2.16. The van der Waals surface area contributed by atoms with Crippen LogP contribution in [0.4, 0.5) is 0 Å². The van der Waals surface area contributed by atoms with E-state index in [2.05, 4.69) is 26.0 Å². The molecule has 50 heavy (non-hydrogen) atoms. The van der Waals surface area contributed by atoms with E-state index in [1.54, 1.807) is 0 Å². The Kier molecular flexibility index (Phi) is 40.9. The summed E-state index contributed by atoms with van der Waals surface area (Å²) >= 11 is 0. The largest absolute Gasteiger partial charge is 0.462 e. The van der Waals surface area contributed by atoms with Gasteiger partial charge in [0.2, 0.25) is 0 Å². The molecule has 0 spiro atoms. The lowest BCUT2D eigenvalue weighted by atomic mass is 10.0. The zero-order valence-corrected chi connectivity index (χ0v) is 33.7. The van der Waals surface area contributed by atoms with E-state index in [0.717, 1.165) is 38.5 Å². The number of hydrogen-bond acceptors (Lipinski definition) is 5. The first-order chi connectivity index (χ1) is 24.6. The van der Waals surface area contributed by atoms with Crippen LogP contribution in [0.1, 0.15) is 245 Å². The Labute approximate surface area is 311 Å². The molecule has 0 aromatic rings. The number of aliphatic hydroxyl groups excluding tert-OH is 1. The van der Waals surface area contributed by atoms with Gasteiger partial charge in [-0.15, -0.1) is 0 Å². The normalized spacial score (nSPS) is 12.1. The molecular weight excluding hydrogens is 620 g/mol. The van der Waals surface area contributed by atoms with Crippen molar-refractivity contribution in [1.82, 2.24) is 0 Å². The van der Waals surface area contributed by atoms with Crippen LogP contribution in [-0.4, -0.2) is 36.4 Å². The Hall–Kier alpha value is -1.36. The first-order valence-corrected chi connectivity index (χ1v) is 22.2. The molecule has 5 nitrogen and oxygen atoms in total. The standard InChI is InChI=1S/C45H86O5/c1-3-5-7-9-11-13-15-17-19-21-22-24-26-28-30-32-34-36-38-40-45(48)50-43(41-46)42-49-44(47)39-37-35-33-31-29-27-25-23-20-18-16-14-12-10-8-6-4-2/h18,20,43,46H,3-17,19,21-42H2,1-2H3. The zero-order valence-electron chi connectivity index (χ0n) is 33.7. The maximum absolute atomic E-state index is 12.2. The fraction of sp³-hybridized carbons (Fsp3) is 0.911. The molecule has 0 saturated heterocycles. The highest BCUT2D eigenvalue weighted by molar-refractivity contribution is 5.70. The quantitative estimate of drug-likeness (QED) is 0.0389. The molecule has 0 aliphatic heterocycles. The summed E-state index contributed by atoms with van der Waals surface area (Å²) in [6.45, 7) is 4.16. The van der Waals surface area contributed by atoms with Crippen LogP contribution in [0.25, 0.3) is 0 Å². The topological polar surface area (TPSA) is 72.8 Å². The van der Waals surface area contributed by atoms with Gasteiger partial charge in [-0.25, -0.2) is 0 Å². The second-order valence-electron chi connectivity index (χ2n) is 15.1. The summed E-state index contributed by atoms with van der Waals surface area (Å²) < 4.78 is 10.6. The summed E-state index contributed by atoms with van der Waals surface area (Å²) in [5.74, 6) is -0.581. The highest BCUT2D eigenvalue weighted by Gasteiger charge is 2.16. The molecule has 0 saturated carbocycles. The van der Waals surface area contributed by atoms with Crippen LogP contribution < -0.4 is 0 Å². The van der Waals surface area contributed by atoms with Gasteiger partial charge in [0.1, 0.15) is 6.61 Å². The Balaban J connectivity index is 3.48. The number of hydrogen-bond donors (Lipinski definition) is 1. The van der Waals surface area contributed by atoms with Gasteiger partial charge >= 0.3 is 11.9 Å². The molecule has 0 fully saturated rings. The molecular formula is C45H86O5. The van der Waals surface area contributed by atoms with Gasteiger partial charge in [0.15, 0.2) is 6.10 Å². The molecule has 0 aliphatic rings. The second-order valence-corrected chi connectivity index (χ2v) is 15.1. The van der Waals surface area contributed by atoms with E-state index in [-0.39, 0.29) is 25.2 Å². The summed E-state index contributed by atoms with van der Waals surface area (Å²) in [6, 6.07) is 0. The van der Waals surface area contributed by atoms with Crippen molar-refractivity contribution in [2.24, 2.45) is 0 Å². The summed E-state index contributed by atoms with van der Waals surface area (Å²) in [7, 11) is 0. The van der Waals surface area contributed by atoms with E-state index < -0.39 is 6.10 Å². The van der Waals surface area contributed by atoms with Gasteiger partial charge in [0.25, 0.3) is 0 Å². The molecule has 0 heterocycles. The molecule has 1 atom stereocenters. The monoisotopic (exact) mass is 707 g/mol. The van der Waals surface area contributed by atoms with Gasteiger partial charge in [0.05, 0.1) is 6.61 Å². The van der Waals surface area contributed by atoms with Gasteiger partial charge < -0.3 is 14.6 Å². The fourth-order valence-corrected chi connectivity index (χ4v) is 6.67. The first-order valence-electron chi connectivity index (χ1n) is 22.2. The third-order valence-electron chi connectivity index (χ3n) is 10.1. The van der Waals surface area contributed by atoms with Crippen molar-refractivity contribution in [3.63, 3.8) is 0 Å². The molecule has 0 amide bonds. The Morgan fingerprint density at radius 2 is 0.740 bits per heavy atom. The third kappa shape index (κ3) is 39.4. The maximum atomic E-state index is 12.2. The van der Waals surface area contributed by atoms with Crippen LogP contribution in [-0.2, 0) is 19.1 Å². The molecule has 296 valence electrons. The number of unbranched alkanes of at least 4 members (excludes halogenated alkanes) is 31. The number of aliphatic hydroxyl groups is 1. The number of carbonyl (C=O) groups is 2. The lowest BCUT2D eigenvalue weighted by Gasteiger charge is -2.15. The summed E-state index contributed by atoms with van der Waals surface area (Å²) in [5.41, 5.74) is 0. The van der Waals surface area contributed by atoms with E-state index in [1.165, 1.54) is 180 Å². The molecule has 1 unspecified atom stereocenters. The van der Waals surface area contributed by atoms with Crippen LogP contribution in [0.15, 0.2) is 12.2 Å². The summed E-state index contributed by atoms with van der Waals surface area (Å²) in [4.78, 5) is 24.3. The van der Waals surface area contributed by atoms with Gasteiger partial charge in [-0.3, -0.25) is 9.59 Å². The molecule has 0 aromatic carbocycles. The first kappa shape index (κ1) is 48.6. The van der Waals surface area contributed by atoms with E-state index in [9.17, 15) is 14.7 Å². The van der Waals surface area contributed by atoms with Crippen molar-refractivity contribution in [1.29, 1.82) is 0 Å². The van der Waals surface area contributed by atoms with Gasteiger partial charge in [-0.2, -0.15) is 0 Å². The van der Waals surface area contributed by atoms with Crippen molar-refractivity contribution in [3.8, 4) is 0 Å². The molecule has 0 aromatic heterocycles. The van der Waals surface area contributed by atoms with Gasteiger partial charge in [-0.05, 0) is 38.5 Å². The molecule has 1 N–H and O–H groups in total.